The van der Waals surface area contributed by atoms with E-state index in [1.807, 2.05) is 6.92 Å². The van der Waals surface area contributed by atoms with E-state index in [1.165, 1.54) is 64.7 Å². The van der Waals surface area contributed by atoms with Crippen LogP contribution in [-0.4, -0.2) is 31.0 Å². The van der Waals surface area contributed by atoms with E-state index in [9.17, 15) is 4.79 Å². The summed E-state index contributed by atoms with van der Waals surface area (Å²) < 4.78 is 10.5. The summed E-state index contributed by atoms with van der Waals surface area (Å²) in [5.41, 5.74) is 1.10. The predicted molar refractivity (Wildman–Crippen MR) is 107 cm³/mol. The average molecular weight is 443 g/mol. The Morgan fingerprint density at radius 3 is 2.04 bits per heavy atom. The molecule has 0 N–H and O–H groups in total. The maximum atomic E-state index is 12.6. The van der Waals surface area contributed by atoms with E-state index in [-0.39, 0.29) is 5.97 Å². The van der Waals surface area contributed by atoms with Crippen LogP contribution in [0.2, 0.25) is 17.2 Å². The number of carbonyl (C=O) groups excluding carboxylic acids is 1. The molecule has 140 valence electrons. The molecule has 0 amide bonds. The summed E-state index contributed by atoms with van der Waals surface area (Å²) >= 11 is -2.40. The summed E-state index contributed by atoms with van der Waals surface area (Å²) in [5, 5.41) is 0. The van der Waals surface area contributed by atoms with E-state index < -0.39 is 18.4 Å². The fourth-order valence-corrected chi connectivity index (χ4v) is 23.5. The van der Waals surface area contributed by atoms with Crippen molar-refractivity contribution in [2.45, 2.75) is 103 Å². The molecule has 0 fully saturated rings. The number of unbranched alkanes of at least 4 members (excludes halogenated alkanes) is 3. The topological polar surface area (TPSA) is 26.3 Å². The molecule has 0 radical (unpaired) electrons. The number of allylic oxidation sites excluding steroid dienone is 1. The maximum absolute atomic E-state index is 12.6. The number of hydrogen-bond donors (Lipinski definition) is 0. The number of ether oxygens (including phenoxy) is 1. The normalized spacial score (nSPS) is 18.3. The van der Waals surface area contributed by atoms with Gasteiger partial charge in [0.1, 0.15) is 0 Å². The Hall–Kier alpha value is 0.00870. The molecule has 3 heteroatoms. The molecule has 1 rings (SSSR count). The van der Waals surface area contributed by atoms with E-state index in [0.29, 0.717) is 10.5 Å². The summed E-state index contributed by atoms with van der Waals surface area (Å²) in [7, 11) is 0. The van der Waals surface area contributed by atoms with Gasteiger partial charge in [-0.1, -0.05) is 0 Å². The van der Waals surface area contributed by atoms with E-state index in [1.54, 1.807) is 0 Å². The Labute approximate surface area is 154 Å². The standard InChI is InChI=1S/C9H13O2.3C4H9.Sn/c1-2-11-9(10)8-6-4-3-5-7-8;3*1-3-4-2;/h6-7H,2-5H2,1H3;3*1,3-4H2,2H3;. The van der Waals surface area contributed by atoms with Crippen molar-refractivity contribution < 1.29 is 9.53 Å². The summed E-state index contributed by atoms with van der Waals surface area (Å²) in [4.78, 5) is 12.6. The van der Waals surface area contributed by atoms with Gasteiger partial charge in [-0.3, -0.25) is 0 Å². The molecule has 0 aromatic rings. The molecular weight excluding hydrogens is 403 g/mol. The predicted octanol–water partition coefficient (Wildman–Crippen LogP) is 6.88. The quantitative estimate of drug-likeness (QED) is 0.243. The number of carbonyl (C=O) groups is 1. The van der Waals surface area contributed by atoms with Gasteiger partial charge in [0.2, 0.25) is 0 Å². The summed E-state index contributed by atoms with van der Waals surface area (Å²) in [6.07, 6.45) is 13.9. The molecule has 0 bridgehead atoms. The Morgan fingerprint density at radius 1 is 1.04 bits per heavy atom. The first kappa shape index (κ1) is 22.1. The number of esters is 1. The second-order valence-electron chi connectivity index (χ2n) is 7.54. The Balaban J connectivity index is 3.12. The van der Waals surface area contributed by atoms with Gasteiger partial charge >= 0.3 is 155 Å². The van der Waals surface area contributed by atoms with Crippen LogP contribution in [0.3, 0.4) is 0 Å². The molecule has 24 heavy (non-hydrogen) atoms. The van der Waals surface area contributed by atoms with Gasteiger partial charge in [0, 0.05) is 0 Å². The minimum atomic E-state index is -2.40. The van der Waals surface area contributed by atoms with Crippen molar-refractivity contribution in [3.63, 3.8) is 0 Å². The van der Waals surface area contributed by atoms with Crippen LogP contribution in [0.1, 0.15) is 85.5 Å². The molecule has 0 spiro atoms. The zero-order chi connectivity index (χ0) is 17.8. The van der Waals surface area contributed by atoms with Gasteiger partial charge in [-0.05, 0) is 0 Å². The molecule has 1 aliphatic carbocycles. The first-order valence-electron chi connectivity index (χ1n) is 10.5. The van der Waals surface area contributed by atoms with Crippen LogP contribution >= 0.6 is 0 Å². The molecule has 0 aliphatic heterocycles. The van der Waals surface area contributed by atoms with Crippen LogP contribution in [0, 0.1) is 0 Å². The number of rotatable bonds is 12. The summed E-state index contributed by atoms with van der Waals surface area (Å²) in [6.45, 7) is 9.39. The Morgan fingerprint density at radius 2 is 1.58 bits per heavy atom. The Kier molecular flexibility index (Phi) is 11.4. The Bertz CT molecular complexity index is 368. The van der Waals surface area contributed by atoms with E-state index in [0.717, 1.165) is 12.0 Å². The van der Waals surface area contributed by atoms with Crippen LogP contribution in [0.15, 0.2) is 11.6 Å². The molecule has 1 unspecified atom stereocenters. The van der Waals surface area contributed by atoms with Crippen LogP contribution < -0.4 is 0 Å². The summed E-state index contributed by atoms with van der Waals surface area (Å²) in [6, 6.07) is 0. The van der Waals surface area contributed by atoms with Crippen molar-refractivity contribution >= 4 is 24.3 Å². The average Bonchev–Trinajstić information content (AvgIpc) is 2.62. The molecule has 0 heterocycles. The van der Waals surface area contributed by atoms with Crippen LogP contribution in [0.25, 0.3) is 0 Å². The second kappa shape index (κ2) is 12.4. The SMILES string of the molecule is CCC[CH2][Sn]([CH2]CCC)([CH2]CCC)[CH]1CCCC=C1C(=O)OCC. The molecule has 0 aromatic heterocycles. The second-order valence-corrected chi connectivity index (χ2v) is 21.6. The third-order valence-corrected chi connectivity index (χ3v) is 23.3. The fraction of sp³-hybridized carbons (Fsp3) is 0.857. The van der Waals surface area contributed by atoms with E-state index in [2.05, 4.69) is 26.8 Å². The minimum absolute atomic E-state index is 0.00719. The van der Waals surface area contributed by atoms with E-state index >= 15 is 0 Å². The molecule has 1 aliphatic rings. The third kappa shape index (κ3) is 6.38. The van der Waals surface area contributed by atoms with Crippen LogP contribution in [0.5, 0.6) is 0 Å². The monoisotopic (exact) mass is 444 g/mol. The molecule has 0 aromatic carbocycles. The summed E-state index contributed by atoms with van der Waals surface area (Å²) in [5.74, 6) is 0.00719. The number of hydrogen-bond acceptors (Lipinski definition) is 2. The van der Waals surface area contributed by atoms with Gasteiger partial charge in [0.15, 0.2) is 0 Å². The molecule has 1 atom stereocenters. The zero-order valence-electron chi connectivity index (χ0n) is 16.7. The van der Waals surface area contributed by atoms with Crippen molar-refractivity contribution in [2.75, 3.05) is 6.61 Å². The first-order chi connectivity index (χ1) is 11.6. The van der Waals surface area contributed by atoms with Gasteiger partial charge < -0.3 is 0 Å². The van der Waals surface area contributed by atoms with Crippen LogP contribution in [-0.2, 0) is 9.53 Å². The molecule has 0 saturated carbocycles. The molecule has 2 nitrogen and oxygen atoms in total. The van der Waals surface area contributed by atoms with Crippen molar-refractivity contribution in [1.82, 2.24) is 0 Å². The zero-order valence-corrected chi connectivity index (χ0v) is 19.5. The molecular formula is C21H40O2Sn. The first-order valence-corrected chi connectivity index (χ1v) is 18.2. The fourth-order valence-electron chi connectivity index (χ4n) is 4.44. The van der Waals surface area contributed by atoms with Crippen molar-refractivity contribution in [3.05, 3.63) is 11.6 Å². The van der Waals surface area contributed by atoms with Gasteiger partial charge in [-0.25, -0.2) is 0 Å². The van der Waals surface area contributed by atoms with E-state index in [4.69, 9.17) is 4.74 Å². The van der Waals surface area contributed by atoms with Crippen molar-refractivity contribution in [3.8, 4) is 0 Å². The van der Waals surface area contributed by atoms with Gasteiger partial charge in [0.05, 0.1) is 0 Å². The third-order valence-electron chi connectivity index (χ3n) is 5.77. The van der Waals surface area contributed by atoms with Gasteiger partial charge in [-0.2, -0.15) is 0 Å². The van der Waals surface area contributed by atoms with Crippen LogP contribution in [0.4, 0.5) is 0 Å². The molecule has 0 saturated heterocycles. The van der Waals surface area contributed by atoms with Crippen molar-refractivity contribution in [2.24, 2.45) is 0 Å². The van der Waals surface area contributed by atoms with Gasteiger partial charge in [-0.15, -0.1) is 0 Å². The van der Waals surface area contributed by atoms with Crippen molar-refractivity contribution in [1.29, 1.82) is 0 Å². The van der Waals surface area contributed by atoms with Gasteiger partial charge in [0.25, 0.3) is 0 Å².